The number of hydrogen-bond acceptors (Lipinski definition) is 2. The molecule has 2 rings (SSSR count). The number of nitrogens with zero attached hydrogens (tertiary/aromatic N) is 1. The molecule has 2 nitrogen and oxygen atoms in total. The van der Waals surface area contributed by atoms with Gasteiger partial charge in [-0.15, -0.1) is 0 Å². The predicted molar refractivity (Wildman–Crippen MR) is 47.0 cm³/mol. The molecule has 0 radical (unpaired) electrons. The van der Waals surface area contributed by atoms with Crippen molar-refractivity contribution in [2.24, 2.45) is 0 Å². The zero-order valence-electron chi connectivity index (χ0n) is 6.66. The molecule has 0 fully saturated rings. The Bertz CT molecular complexity index is 342. The zero-order valence-corrected chi connectivity index (χ0v) is 6.66. The lowest BCUT2D eigenvalue weighted by molar-refractivity contribution is 0.111. The maximum absolute atomic E-state index is 10.4. The monoisotopic (exact) mass is 159 g/mol. The standard InChI is InChI=1S/C10H9NO/c12-7-9-6-5-8-3-1-2-4-10(8)11-9/h1,3,5-7H,2,4H2. The van der Waals surface area contributed by atoms with Crippen LogP contribution in [0.15, 0.2) is 18.2 Å². The first-order valence-electron chi connectivity index (χ1n) is 4.02. The largest absolute Gasteiger partial charge is 0.296 e. The first-order valence-corrected chi connectivity index (χ1v) is 4.02. The summed E-state index contributed by atoms with van der Waals surface area (Å²) >= 11 is 0. The Balaban J connectivity index is 2.50. The molecule has 1 aliphatic rings. The molecule has 0 unspecified atom stereocenters. The van der Waals surface area contributed by atoms with Crippen molar-refractivity contribution in [1.82, 2.24) is 4.98 Å². The highest BCUT2D eigenvalue weighted by Gasteiger charge is 2.05. The molecule has 12 heavy (non-hydrogen) atoms. The number of allylic oxidation sites excluding steroid dienone is 1. The number of rotatable bonds is 1. The Hall–Kier alpha value is -1.44. The van der Waals surface area contributed by atoms with E-state index >= 15 is 0 Å². The summed E-state index contributed by atoms with van der Waals surface area (Å²) in [5.74, 6) is 0. The normalized spacial score (nSPS) is 14.0. The van der Waals surface area contributed by atoms with E-state index in [-0.39, 0.29) is 0 Å². The van der Waals surface area contributed by atoms with Gasteiger partial charge in [0, 0.05) is 5.69 Å². The number of aldehydes is 1. The minimum absolute atomic E-state index is 0.532. The molecule has 0 aromatic carbocycles. The molecule has 0 saturated heterocycles. The Kier molecular flexibility index (Phi) is 1.74. The molecule has 0 atom stereocenters. The zero-order chi connectivity index (χ0) is 8.39. The second-order valence-corrected chi connectivity index (χ2v) is 2.83. The van der Waals surface area contributed by atoms with Gasteiger partial charge in [-0.25, -0.2) is 4.98 Å². The first-order chi connectivity index (χ1) is 5.90. The summed E-state index contributed by atoms with van der Waals surface area (Å²) < 4.78 is 0. The number of pyridine rings is 1. The Morgan fingerprint density at radius 1 is 1.42 bits per heavy atom. The van der Waals surface area contributed by atoms with Crippen LogP contribution < -0.4 is 0 Å². The fraction of sp³-hybridized carbons (Fsp3) is 0.200. The van der Waals surface area contributed by atoms with Gasteiger partial charge in [0.2, 0.25) is 0 Å². The van der Waals surface area contributed by atoms with E-state index in [2.05, 4.69) is 17.1 Å². The van der Waals surface area contributed by atoms with Crippen LogP contribution in [0.2, 0.25) is 0 Å². The van der Waals surface area contributed by atoms with Crippen molar-refractivity contribution in [1.29, 1.82) is 0 Å². The van der Waals surface area contributed by atoms with Crippen molar-refractivity contribution >= 4 is 12.4 Å². The summed E-state index contributed by atoms with van der Waals surface area (Å²) in [6.07, 6.45) is 6.96. The van der Waals surface area contributed by atoms with Gasteiger partial charge in [0.1, 0.15) is 5.69 Å². The third kappa shape index (κ3) is 1.16. The molecule has 0 saturated carbocycles. The van der Waals surface area contributed by atoms with Gasteiger partial charge in [-0.1, -0.05) is 18.2 Å². The van der Waals surface area contributed by atoms with Crippen molar-refractivity contribution in [3.63, 3.8) is 0 Å². The van der Waals surface area contributed by atoms with Crippen LogP contribution in [0.3, 0.4) is 0 Å². The SMILES string of the molecule is O=Cc1ccc2c(n1)CCC=C2. The van der Waals surface area contributed by atoms with Crippen molar-refractivity contribution in [2.45, 2.75) is 12.8 Å². The van der Waals surface area contributed by atoms with E-state index in [4.69, 9.17) is 0 Å². The predicted octanol–water partition coefficient (Wildman–Crippen LogP) is 1.85. The minimum atomic E-state index is 0.532. The molecule has 0 N–H and O–H groups in total. The number of aromatic nitrogens is 1. The molecule has 1 aromatic rings. The van der Waals surface area contributed by atoms with E-state index in [1.54, 1.807) is 6.07 Å². The van der Waals surface area contributed by atoms with E-state index in [1.807, 2.05) is 6.07 Å². The molecule has 1 heterocycles. The summed E-state index contributed by atoms with van der Waals surface area (Å²) in [6, 6.07) is 3.70. The summed E-state index contributed by atoms with van der Waals surface area (Å²) in [5.41, 5.74) is 2.72. The summed E-state index contributed by atoms with van der Waals surface area (Å²) in [6.45, 7) is 0. The van der Waals surface area contributed by atoms with Gasteiger partial charge >= 0.3 is 0 Å². The molecule has 0 bridgehead atoms. The second kappa shape index (κ2) is 2.89. The molecule has 0 spiro atoms. The van der Waals surface area contributed by atoms with Gasteiger partial charge in [-0.2, -0.15) is 0 Å². The Labute approximate surface area is 70.9 Å². The fourth-order valence-corrected chi connectivity index (χ4v) is 1.38. The highest BCUT2D eigenvalue weighted by atomic mass is 16.1. The number of aryl methyl sites for hydroxylation is 1. The summed E-state index contributed by atoms with van der Waals surface area (Å²) in [5, 5.41) is 0. The van der Waals surface area contributed by atoms with Crippen LogP contribution in [0.4, 0.5) is 0 Å². The van der Waals surface area contributed by atoms with E-state index in [0.717, 1.165) is 30.4 Å². The fourth-order valence-electron chi connectivity index (χ4n) is 1.38. The van der Waals surface area contributed by atoms with Crippen LogP contribution in [0, 0.1) is 0 Å². The van der Waals surface area contributed by atoms with E-state index in [9.17, 15) is 4.79 Å². The maximum Gasteiger partial charge on any atom is 0.168 e. The van der Waals surface area contributed by atoms with Crippen LogP contribution in [-0.4, -0.2) is 11.3 Å². The second-order valence-electron chi connectivity index (χ2n) is 2.83. The van der Waals surface area contributed by atoms with Gasteiger partial charge in [0.25, 0.3) is 0 Å². The minimum Gasteiger partial charge on any atom is -0.296 e. The smallest absolute Gasteiger partial charge is 0.168 e. The van der Waals surface area contributed by atoms with Gasteiger partial charge in [0.05, 0.1) is 0 Å². The van der Waals surface area contributed by atoms with Crippen LogP contribution in [0.1, 0.15) is 28.2 Å². The third-order valence-electron chi connectivity index (χ3n) is 2.00. The van der Waals surface area contributed by atoms with Crippen LogP contribution in [0.5, 0.6) is 0 Å². The van der Waals surface area contributed by atoms with Crippen molar-refractivity contribution < 1.29 is 4.79 Å². The topological polar surface area (TPSA) is 30.0 Å². The van der Waals surface area contributed by atoms with Gasteiger partial charge in [0.15, 0.2) is 6.29 Å². The van der Waals surface area contributed by atoms with Gasteiger partial charge < -0.3 is 0 Å². The third-order valence-corrected chi connectivity index (χ3v) is 2.00. The molecule has 1 aliphatic carbocycles. The lowest BCUT2D eigenvalue weighted by Crippen LogP contribution is -2.00. The molecule has 0 amide bonds. The lowest BCUT2D eigenvalue weighted by Gasteiger charge is -2.08. The number of carbonyl (C=O) groups excluding carboxylic acids is 1. The van der Waals surface area contributed by atoms with Crippen molar-refractivity contribution in [3.05, 3.63) is 35.2 Å². The average molecular weight is 159 g/mol. The number of hydrogen-bond donors (Lipinski definition) is 0. The first kappa shape index (κ1) is 7.22. The highest BCUT2D eigenvalue weighted by Crippen LogP contribution is 2.16. The van der Waals surface area contributed by atoms with Crippen LogP contribution in [0.25, 0.3) is 6.08 Å². The lowest BCUT2D eigenvalue weighted by atomic mass is 10.0. The van der Waals surface area contributed by atoms with E-state index in [0.29, 0.717) is 5.69 Å². The molecular weight excluding hydrogens is 150 g/mol. The average Bonchev–Trinajstić information content (AvgIpc) is 2.17. The van der Waals surface area contributed by atoms with Crippen molar-refractivity contribution in [2.75, 3.05) is 0 Å². The summed E-state index contributed by atoms with van der Waals surface area (Å²) in [4.78, 5) is 14.6. The van der Waals surface area contributed by atoms with Crippen molar-refractivity contribution in [3.8, 4) is 0 Å². The highest BCUT2D eigenvalue weighted by molar-refractivity contribution is 5.72. The molecule has 2 heteroatoms. The van der Waals surface area contributed by atoms with Gasteiger partial charge in [-0.05, 0) is 24.5 Å². The molecule has 0 aliphatic heterocycles. The quantitative estimate of drug-likeness (QED) is 0.585. The maximum atomic E-state index is 10.4. The Morgan fingerprint density at radius 2 is 2.33 bits per heavy atom. The molecule has 1 aromatic heterocycles. The van der Waals surface area contributed by atoms with Crippen LogP contribution in [-0.2, 0) is 6.42 Å². The van der Waals surface area contributed by atoms with E-state index < -0.39 is 0 Å². The van der Waals surface area contributed by atoms with Gasteiger partial charge in [-0.3, -0.25) is 4.79 Å². The summed E-state index contributed by atoms with van der Waals surface area (Å²) in [7, 11) is 0. The molecular formula is C10H9NO. The number of fused-ring (bicyclic) bond motifs is 1. The molecule has 60 valence electrons. The number of carbonyl (C=O) groups is 1. The van der Waals surface area contributed by atoms with Crippen LogP contribution >= 0.6 is 0 Å². The Morgan fingerprint density at radius 3 is 3.17 bits per heavy atom. The van der Waals surface area contributed by atoms with E-state index in [1.165, 1.54) is 0 Å².